The summed E-state index contributed by atoms with van der Waals surface area (Å²) >= 11 is 0. The minimum Gasteiger partial charge on any atom is -0.481 e. The van der Waals surface area contributed by atoms with Crippen LogP contribution in [-0.2, 0) is 4.79 Å². The molecule has 16 heavy (non-hydrogen) atoms. The molecule has 1 aromatic carbocycles. The van der Waals surface area contributed by atoms with Crippen LogP contribution in [0.5, 0.6) is 11.5 Å². The van der Waals surface area contributed by atoms with Crippen molar-refractivity contribution < 1.29 is 19.4 Å². The molecular formula is C11H13NO4. The van der Waals surface area contributed by atoms with Gasteiger partial charge in [-0.1, -0.05) is 6.07 Å². The Hall–Kier alpha value is -1.75. The van der Waals surface area contributed by atoms with E-state index >= 15 is 0 Å². The smallest absolute Gasteiger partial charge is 0.303 e. The fourth-order valence-corrected chi connectivity index (χ4v) is 1.59. The summed E-state index contributed by atoms with van der Waals surface area (Å²) in [6.45, 7) is 0.225. The normalized spacial score (nSPS) is 14.8. The molecule has 86 valence electrons. The summed E-state index contributed by atoms with van der Waals surface area (Å²) in [7, 11) is 0. The lowest BCUT2D eigenvalue weighted by Crippen LogP contribution is -2.12. The SMILES string of the molecule is NC(CCC(=O)O)c1ccc2c(c1)OCO2. The number of hydrogen-bond donors (Lipinski definition) is 2. The van der Waals surface area contributed by atoms with Crippen molar-refractivity contribution in [3.8, 4) is 11.5 Å². The van der Waals surface area contributed by atoms with Crippen molar-refractivity contribution in [3.05, 3.63) is 23.8 Å². The number of benzene rings is 1. The Morgan fingerprint density at radius 1 is 1.44 bits per heavy atom. The Morgan fingerprint density at radius 2 is 2.19 bits per heavy atom. The first kappa shape index (κ1) is 10.8. The lowest BCUT2D eigenvalue weighted by Gasteiger charge is -2.11. The van der Waals surface area contributed by atoms with Crippen LogP contribution in [0.1, 0.15) is 24.4 Å². The average Bonchev–Trinajstić information content (AvgIpc) is 2.72. The number of nitrogens with two attached hydrogens (primary N) is 1. The Morgan fingerprint density at radius 3 is 2.94 bits per heavy atom. The number of carbonyl (C=O) groups is 1. The maximum Gasteiger partial charge on any atom is 0.303 e. The number of carboxylic acid groups (broad SMARTS) is 1. The van der Waals surface area contributed by atoms with E-state index in [1.54, 1.807) is 12.1 Å². The maximum atomic E-state index is 10.4. The molecule has 0 fully saturated rings. The second-order valence-electron chi connectivity index (χ2n) is 3.65. The highest BCUT2D eigenvalue weighted by atomic mass is 16.7. The van der Waals surface area contributed by atoms with Crippen molar-refractivity contribution in [2.75, 3.05) is 6.79 Å². The van der Waals surface area contributed by atoms with Gasteiger partial charge in [0.25, 0.3) is 0 Å². The number of hydrogen-bond acceptors (Lipinski definition) is 4. The van der Waals surface area contributed by atoms with E-state index < -0.39 is 5.97 Å². The molecule has 1 atom stereocenters. The summed E-state index contributed by atoms with van der Waals surface area (Å²) in [5, 5.41) is 8.56. The molecule has 0 spiro atoms. The molecule has 0 aliphatic carbocycles. The van der Waals surface area contributed by atoms with E-state index in [1.165, 1.54) is 0 Å². The van der Waals surface area contributed by atoms with Gasteiger partial charge in [0.1, 0.15) is 0 Å². The van der Waals surface area contributed by atoms with E-state index in [-0.39, 0.29) is 19.3 Å². The lowest BCUT2D eigenvalue weighted by atomic mass is 10.0. The summed E-state index contributed by atoms with van der Waals surface area (Å²) < 4.78 is 10.4. The van der Waals surface area contributed by atoms with E-state index in [1.807, 2.05) is 6.07 Å². The molecule has 0 amide bonds. The lowest BCUT2D eigenvalue weighted by molar-refractivity contribution is -0.137. The van der Waals surface area contributed by atoms with Gasteiger partial charge in [0.2, 0.25) is 6.79 Å². The Kier molecular flexibility index (Phi) is 2.96. The first-order valence-electron chi connectivity index (χ1n) is 5.04. The van der Waals surface area contributed by atoms with Crippen LogP contribution in [0, 0.1) is 0 Å². The fourth-order valence-electron chi connectivity index (χ4n) is 1.59. The van der Waals surface area contributed by atoms with Gasteiger partial charge in [-0.2, -0.15) is 0 Å². The van der Waals surface area contributed by atoms with Gasteiger partial charge in [-0.15, -0.1) is 0 Å². The van der Waals surface area contributed by atoms with E-state index in [2.05, 4.69) is 0 Å². The second kappa shape index (κ2) is 4.40. The molecular weight excluding hydrogens is 210 g/mol. The third-order valence-corrected chi connectivity index (χ3v) is 2.49. The van der Waals surface area contributed by atoms with Gasteiger partial charge in [-0.05, 0) is 24.1 Å². The quantitative estimate of drug-likeness (QED) is 0.803. The predicted molar refractivity (Wildman–Crippen MR) is 56.4 cm³/mol. The molecule has 0 aromatic heterocycles. The molecule has 1 aromatic rings. The zero-order valence-electron chi connectivity index (χ0n) is 8.68. The molecule has 2 rings (SSSR count). The average molecular weight is 223 g/mol. The van der Waals surface area contributed by atoms with Gasteiger partial charge < -0.3 is 20.3 Å². The van der Waals surface area contributed by atoms with Crippen LogP contribution in [-0.4, -0.2) is 17.9 Å². The molecule has 1 aliphatic heterocycles. The number of fused-ring (bicyclic) bond motifs is 1. The molecule has 5 heteroatoms. The Labute approximate surface area is 92.8 Å². The number of aliphatic carboxylic acids is 1. The predicted octanol–water partition coefficient (Wildman–Crippen LogP) is 1.28. The first-order valence-corrected chi connectivity index (χ1v) is 5.04. The second-order valence-corrected chi connectivity index (χ2v) is 3.65. The van der Waals surface area contributed by atoms with E-state index in [0.717, 1.165) is 5.56 Å². The van der Waals surface area contributed by atoms with Gasteiger partial charge in [0.05, 0.1) is 0 Å². The van der Waals surface area contributed by atoms with Gasteiger partial charge >= 0.3 is 5.97 Å². The summed E-state index contributed by atoms with van der Waals surface area (Å²) in [6, 6.07) is 5.14. The Bertz CT molecular complexity index is 405. The molecule has 0 radical (unpaired) electrons. The first-order chi connectivity index (χ1) is 7.66. The van der Waals surface area contributed by atoms with Gasteiger partial charge in [0.15, 0.2) is 11.5 Å². The Balaban J connectivity index is 2.06. The van der Waals surface area contributed by atoms with Gasteiger partial charge in [-0.25, -0.2) is 0 Å². The van der Waals surface area contributed by atoms with Crippen molar-refractivity contribution in [3.63, 3.8) is 0 Å². The maximum absolute atomic E-state index is 10.4. The largest absolute Gasteiger partial charge is 0.481 e. The highest BCUT2D eigenvalue weighted by molar-refractivity contribution is 5.66. The monoisotopic (exact) mass is 223 g/mol. The van der Waals surface area contributed by atoms with Crippen LogP contribution < -0.4 is 15.2 Å². The van der Waals surface area contributed by atoms with Crippen LogP contribution in [0.15, 0.2) is 18.2 Å². The minimum absolute atomic E-state index is 0.0651. The highest BCUT2D eigenvalue weighted by Crippen LogP contribution is 2.34. The van der Waals surface area contributed by atoms with E-state index in [9.17, 15) is 4.79 Å². The van der Waals surface area contributed by atoms with Crippen molar-refractivity contribution in [1.29, 1.82) is 0 Å². The molecule has 1 heterocycles. The van der Waals surface area contributed by atoms with E-state index in [4.69, 9.17) is 20.3 Å². The van der Waals surface area contributed by atoms with Gasteiger partial charge in [-0.3, -0.25) is 4.79 Å². The van der Waals surface area contributed by atoms with Crippen molar-refractivity contribution in [2.45, 2.75) is 18.9 Å². The third-order valence-electron chi connectivity index (χ3n) is 2.49. The molecule has 1 aliphatic rings. The summed E-state index contributed by atoms with van der Waals surface area (Å²) in [5.74, 6) is 0.536. The van der Waals surface area contributed by atoms with Crippen molar-refractivity contribution in [1.82, 2.24) is 0 Å². The molecule has 0 saturated heterocycles. The number of rotatable bonds is 4. The van der Waals surface area contributed by atoms with Crippen molar-refractivity contribution in [2.24, 2.45) is 5.73 Å². The fraction of sp³-hybridized carbons (Fsp3) is 0.364. The van der Waals surface area contributed by atoms with Crippen LogP contribution >= 0.6 is 0 Å². The summed E-state index contributed by atoms with van der Waals surface area (Å²) in [6.07, 6.45) is 0.477. The highest BCUT2D eigenvalue weighted by Gasteiger charge is 2.16. The van der Waals surface area contributed by atoms with Gasteiger partial charge in [0, 0.05) is 12.5 Å². The molecule has 0 bridgehead atoms. The minimum atomic E-state index is -0.837. The van der Waals surface area contributed by atoms with Crippen LogP contribution in [0.25, 0.3) is 0 Å². The van der Waals surface area contributed by atoms with Crippen LogP contribution in [0.3, 0.4) is 0 Å². The standard InChI is InChI=1S/C11H13NO4/c12-8(2-4-11(13)14)7-1-3-9-10(5-7)16-6-15-9/h1,3,5,8H,2,4,6,12H2,(H,13,14). The van der Waals surface area contributed by atoms with Crippen LogP contribution in [0.4, 0.5) is 0 Å². The topological polar surface area (TPSA) is 81.8 Å². The zero-order valence-corrected chi connectivity index (χ0v) is 8.68. The number of ether oxygens (including phenoxy) is 2. The molecule has 3 N–H and O–H groups in total. The summed E-state index contributed by atoms with van der Waals surface area (Å²) in [4.78, 5) is 10.4. The van der Waals surface area contributed by atoms with Crippen molar-refractivity contribution >= 4 is 5.97 Å². The summed E-state index contributed by atoms with van der Waals surface area (Å²) in [5.41, 5.74) is 6.74. The zero-order chi connectivity index (χ0) is 11.5. The number of carboxylic acids is 1. The molecule has 1 unspecified atom stereocenters. The molecule has 0 saturated carbocycles. The van der Waals surface area contributed by atoms with Crippen LogP contribution in [0.2, 0.25) is 0 Å². The molecule has 5 nitrogen and oxygen atoms in total. The third kappa shape index (κ3) is 2.25. The van der Waals surface area contributed by atoms with E-state index in [0.29, 0.717) is 17.9 Å².